The number of carbonyl (C=O) groups is 1. The minimum Gasteiger partial charge on any atom is -0.494 e. The molecule has 5 heteroatoms. The Hall–Kier alpha value is -2.45. The van der Waals surface area contributed by atoms with E-state index in [1.54, 1.807) is 4.90 Å². The first-order chi connectivity index (χ1) is 12.2. The number of benzene rings is 2. The predicted molar refractivity (Wildman–Crippen MR) is 102 cm³/mol. The van der Waals surface area contributed by atoms with E-state index in [2.05, 4.69) is 6.07 Å². The zero-order chi connectivity index (χ0) is 18.1. The summed E-state index contributed by atoms with van der Waals surface area (Å²) in [5.41, 5.74) is 1.94. The molecule has 4 nitrogen and oxygen atoms in total. The predicted octanol–water partition coefficient (Wildman–Crippen LogP) is 4.43. The van der Waals surface area contributed by atoms with E-state index in [1.165, 1.54) is 11.8 Å². The van der Waals surface area contributed by atoms with Crippen molar-refractivity contribution in [3.8, 4) is 11.8 Å². The van der Waals surface area contributed by atoms with Crippen LogP contribution in [-0.2, 0) is 4.79 Å². The normalized spacial score (nSPS) is 10.1. The number of aryl methyl sites for hydroxylation is 1. The van der Waals surface area contributed by atoms with Gasteiger partial charge in [0.15, 0.2) is 0 Å². The summed E-state index contributed by atoms with van der Waals surface area (Å²) in [4.78, 5) is 15.5. The molecule has 2 aromatic carbocycles. The molecule has 0 unspecified atom stereocenters. The molecule has 0 aliphatic heterocycles. The molecule has 0 N–H and O–H groups in total. The van der Waals surface area contributed by atoms with Crippen LogP contribution in [0.2, 0.25) is 0 Å². The monoisotopic (exact) mass is 354 g/mol. The van der Waals surface area contributed by atoms with Crippen molar-refractivity contribution in [2.75, 3.05) is 23.8 Å². The maximum atomic E-state index is 12.7. The van der Waals surface area contributed by atoms with Crippen LogP contribution in [0.15, 0.2) is 53.4 Å². The van der Waals surface area contributed by atoms with E-state index in [9.17, 15) is 4.79 Å². The molecule has 0 fully saturated rings. The number of thioether (sulfide) groups is 1. The van der Waals surface area contributed by atoms with E-state index in [0.29, 0.717) is 25.3 Å². The van der Waals surface area contributed by atoms with Gasteiger partial charge in [-0.15, -0.1) is 11.8 Å². The van der Waals surface area contributed by atoms with Crippen LogP contribution in [0.3, 0.4) is 0 Å². The molecule has 2 aromatic rings. The minimum atomic E-state index is -0.00679. The van der Waals surface area contributed by atoms with Gasteiger partial charge >= 0.3 is 0 Å². The third-order valence-electron chi connectivity index (χ3n) is 3.65. The lowest BCUT2D eigenvalue weighted by Gasteiger charge is -2.22. The van der Waals surface area contributed by atoms with Crippen molar-refractivity contribution < 1.29 is 9.53 Å². The molecule has 0 bridgehead atoms. The summed E-state index contributed by atoms with van der Waals surface area (Å²) in [5, 5.41) is 8.89. The summed E-state index contributed by atoms with van der Waals surface area (Å²) < 4.78 is 5.44. The first kappa shape index (κ1) is 18.9. The maximum Gasteiger partial charge on any atom is 0.237 e. The third-order valence-corrected chi connectivity index (χ3v) is 4.81. The summed E-state index contributed by atoms with van der Waals surface area (Å²) in [6, 6.07) is 17.5. The molecule has 0 aliphatic carbocycles. The Morgan fingerprint density at radius 2 is 1.92 bits per heavy atom. The zero-order valence-corrected chi connectivity index (χ0v) is 15.4. The molecule has 0 saturated heterocycles. The van der Waals surface area contributed by atoms with Gasteiger partial charge in [0.1, 0.15) is 5.75 Å². The number of anilines is 1. The van der Waals surface area contributed by atoms with Gasteiger partial charge in [-0.1, -0.05) is 18.2 Å². The number of carbonyl (C=O) groups excluding carboxylic acids is 1. The molecule has 2 rings (SSSR count). The second-order valence-corrected chi connectivity index (χ2v) is 6.45. The van der Waals surface area contributed by atoms with Crippen LogP contribution >= 0.6 is 11.8 Å². The van der Waals surface area contributed by atoms with Gasteiger partial charge < -0.3 is 9.64 Å². The van der Waals surface area contributed by atoms with Crippen LogP contribution < -0.4 is 9.64 Å². The lowest BCUT2D eigenvalue weighted by Crippen LogP contribution is -2.33. The lowest BCUT2D eigenvalue weighted by atomic mass is 10.2. The number of nitrogens with zero attached hydrogens (tertiary/aromatic N) is 2. The molecule has 0 spiro atoms. The number of hydrogen-bond donors (Lipinski definition) is 0. The zero-order valence-electron chi connectivity index (χ0n) is 14.6. The second kappa shape index (κ2) is 9.75. The Kier molecular flexibility index (Phi) is 7.36. The number of rotatable bonds is 8. The van der Waals surface area contributed by atoms with Gasteiger partial charge in [0, 0.05) is 17.1 Å². The highest BCUT2D eigenvalue weighted by atomic mass is 32.2. The lowest BCUT2D eigenvalue weighted by molar-refractivity contribution is -0.116. The van der Waals surface area contributed by atoms with Crippen molar-refractivity contribution in [1.82, 2.24) is 0 Å². The van der Waals surface area contributed by atoms with Gasteiger partial charge in [-0.2, -0.15) is 5.26 Å². The van der Waals surface area contributed by atoms with Crippen LogP contribution in [0.1, 0.15) is 18.9 Å². The second-order valence-electron chi connectivity index (χ2n) is 5.43. The van der Waals surface area contributed by atoms with E-state index >= 15 is 0 Å². The van der Waals surface area contributed by atoms with Crippen molar-refractivity contribution in [1.29, 1.82) is 5.26 Å². The third kappa shape index (κ3) is 5.54. The minimum absolute atomic E-state index is 0.00679. The molecule has 1 amide bonds. The van der Waals surface area contributed by atoms with E-state index in [4.69, 9.17) is 10.00 Å². The van der Waals surface area contributed by atoms with Gasteiger partial charge in [0.05, 0.1) is 24.8 Å². The highest BCUT2D eigenvalue weighted by molar-refractivity contribution is 8.00. The molecule has 25 heavy (non-hydrogen) atoms. The molecular weight excluding hydrogens is 332 g/mol. The Labute approximate surface area is 153 Å². The fraction of sp³-hybridized carbons (Fsp3) is 0.300. The van der Waals surface area contributed by atoms with E-state index < -0.39 is 0 Å². The topological polar surface area (TPSA) is 53.3 Å². The molecular formula is C20H22N2O2S. The quantitative estimate of drug-likeness (QED) is 0.658. The van der Waals surface area contributed by atoms with E-state index in [-0.39, 0.29) is 5.91 Å². The summed E-state index contributed by atoms with van der Waals surface area (Å²) >= 11 is 1.52. The fourth-order valence-electron chi connectivity index (χ4n) is 2.38. The first-order valence-corrected chi connectivity index (χ1v) is 9.23. The van der Waals surface area contributed by atoms with E-state index in [0.717, 1.165) is 21.9 Å². The number of nitriles is 1. The Morgan fingerprint density at radius 1 is 1.20 bits per heavy atom. The van der Waals surface area contributed by atoms with Crippen LogP contribution in [0.4, 0.5) is 5.69 Å². The van der Waals surface area contributed by atoms with Crippen LogP contribution in [0.5, 0.6) is 5.75 Å². The van der Waals surface area contributed by atoms with Gasteiger partial charge in [-0.3, -0.25) is 4.79 Å². The highest BCUT2D eigenvalue weighted by Gasteiger charge is 2.16. The number of ether oxygens (including phenoxy) is 1. The fourth-order valence-corrected chi connectivity index (χ4v) is 3.29. The summed E-state index contributed by atoms with van der Waals surface area (Å²) in [6.07, 6.45) is 0.300. The molecule has 0 saturated carbocycles. The van der Waals surface area contributed by atoms with Gasteiger partial charge in [0.25, 0.3) is 0 Å². The van der Waals surface area contributed by atoms with Gasteiger partial charge in [-0.25, -0.2) is 0 Å². The first-order valence-electron chi connectivity index (χ1n) is 8.24. The SMILES string of the molecule is CCOc1ccc(N(CCC#N)C(=O)CSc2ccccc2C)cc1. The Balaban J connectivity index is 2.09. The maximum absolute atomic E-state index is 12.7. The molecule has 0 aromatic heterocycles. The summed E-state index contributed by atoms with van der Waals surface area (Å²) in [5.74, 6) is 1.10. The van der Waals surface area contributed by atoms with Crippen molar-refractivity contribution in [3.63, 3.8) is 0 Å². The van der Waals surface area contributed by atoms with Crippen molar-refractivity contribution >= 4 is 23.4 Å². The van der Waals surface area contributed by atoms with Crippen LogP contribution in [-0.4, -0.2) is 24.8 Å². The molecule has 130 valence electrons. The smallest absolute Gasteiger partial charge is 0.237 e. The molecule has 0 aliphatic rings. The summed E-state index contributed by atoms with van der Waals surface area (Å²) in [6.45, 7) is 4.95. The molecule has 0 atom stereocenters. The Bertz CT molecular complexity index is 738. The average Bonchev–Trinajstić information content (AvgIpc) is 2.63. The van der Waals surface area contributed by atoms with E-state index in [1.807, 2.05) is 62.4 Å². The van der Waals surface area contributed by atoms with Crippen molar-refractivity contribution in [3.05, 3.63) is 54.1 Å². The molecule has 0 heterocycles. The van der Waals surface area contributed by atoms with Gasteiger partial charge in [-0.05, 0) is 49.7 Å². The van der Waals surface area contributed by atoms with Crippen molar-refractivity contribution in [2.45, 2.75) is 25.2 Å². The van der Waals surface area contributed by atoms with Gasteiger partial charge in [0.2, 0.25) is 5.91 Å². The van der Waals surface area contributed by atoms with Crippen molar-refractivity contribution in [2.24, 2.45) is 0 Å². The summed E-state index contributed by atoms with van der Waals surface area (Å²) in [7, 11) is 0. The largest absolute Gasteiger partial charge is 0.494 e. The molecule has 0 radical (unpaired) electrons. The standard InChI is InChI=1S/C20H22N2O2S/c1-3-24-18-11-9-17(10-12-18)22(14-6-13-21)20(23)15-25-19-8-5-4-7-16(19)2/h4-5,7-12H,3,6,14-15H2,1-2H3. The number of amides is 1. The van der Waals surface area contributed by atoms with Crippen LogP contribution in [0.25, 0.3) is 0 Å². The Morgan fingerprint density at radius 3 is 2.56 bits per heavy atom. The average molecular weight is 354 g/mol. The van der Waals surface area contributed by atoms with Crippen LogP contribution in [0, 0.1) is 18.3 Å². The highest BCUT2D eigenvalue weighted by Crippen LogP contribution is 2.25. The number of hydrogen-bond acceptors (Lipinski definition) is 4.